The van der Waals surface area contributed by atoms with Crippen molar-refractivity contribution < 1.29 is 27.2 Å². The second-order valence-electron chi connectivity index (χ2n) is 7.47. The molecule has 174 valence electrons. The van der Waals surface area contributed by atoms with Gasteiger partial charge in [0.1, 0.15) is 11.5 Å². The van der Waals surface area contributed by atoms with Crippen LogP contribution in [0.3, 0.4) is 0 Å². The monoisotopic (exact) mass is 471 g/mol. The van der Waals surface area contributed by atoms with Gasteiger partial charge >= 0.3 is 12.0 Å². The molecule has 9 nitrogen and oxygen atoms in total. The number of nitrogens with one attached hydrogen (secondary N) is 2. The summed E-state index contributed by atoms with van der Waals surface area (Å²) in [7, 11) is -2.13. The van der Waals surface area contributed by atoms with Gasteiger partial charge in [0, 0.05) is 18.8 Å². The molecule has 0 aliphatic rings. The zero-order chi connectivity index (χ0) is 24.0. The molecule has 0 bridgehead atoms. The van der Waals surface area contributed by atoms with E-state index in [1.165, 1.54) is 35.4 Å². The van der Waals surface area contributed by atoms with Gasteiger partial charge in [-0.3, -0.25) is 4.90 Å². The van der Waals surface area contributed by atoms with Crippen molar-refractivity contribution in [3.63, 3.8) is 0 Å². The van der Waals surface area contributed by atoms with Gasteiger partial charge in [-0.05, 0) is 74.5 Å². The van der Waals surface area contributed by atoms with Gasteiger partial charge in [-0.1, -0.05) is 0 Å². The number of sulfonamides is 1. The van der Waals surface area contributed by atoms with Crippen LogP contribution in [0.15, 0.2) is 76.2 Å². The number of amides is 2. The summed E-state index contributed by atoms with van der Waals surface area (Å²) in [5.41, 5.74) is 0.821. The van der Waals surface area contributed by atoms with E-state index >= 15 is 0 Å². The van der Waals surface area contributed by atoms with Crippen LogP contribution in [0, 0.1) is 0 Å². The molecule has 3 aromatic rings. The summed E-state index contributed by atoms with van der Waals surface area (Å²) in [6, 6.07) is 15.0. The van der Waals surface area contributed by atoms with Crippen molar-refractivity contribution in [2.75, 3.05) is 11.9 Å². The van der Waals surface area contributed by atoms with Gasteiger partial charge in [-0.2, -0.15) is 0 Å². The average Bonchev–Trinajstić information content (AvgIpc) is 3.31. The molecule has 10 heteroatoms. The van der Waals surface area contributed by atoms with E-state index in [-0.39, 0.29) is 29.1 Å². The van der Waals surface area contributed by atoms with Crippen LogP contribution >= 0.6 is 0 Å². The fourth-order valence-corrected chi connectivity index (χ4v) is 3.79. The summed E-state index contributed by atoms with van der Waals surface area (Å²) in [5.74, 6) is 0.135. The van der Waals surface area contributed by atoms with E-state index in [2.05, 4.69) is 10.0 Å². The second kappa shape index (κ2) is 10.3. The summed E-state index contributed by atoms with van der Waals surface area (Å²) in [4.78, 5) is 26.0. The number of benzene rings is 2. The SMILES string of the molecule is CC(C)NC(=O)N(C)c1ccc(OC(=O)c2ccc(S(=O)(=O)NCc3ccco3)cc2)cc1. The molecular formula is C23H25N3O6S. The van der Waals surface area contributed by atoms with E-state index < -0.39 is 16.0 Å². The lowest BCUT2D eigenvalue weighted by atomic mass is 10.2. The van der Waals surface area contributed by atoms with Gasteiger partial charge in [0.25, 0.3) is 0 Å². The van der Waals surface area contributed by atoms with E-state index in [0.717, 1.165) is 0 Å². The summed E-state index contributed by atoms with van der Waals surface area (Å²) in [6.45, 7) is 3.75. The third kappa shape index (κ3) is 6.43. The Bertz CT molecular complexity index is 1190. The zero-order valence-corrected chi connectivity index (χ0v) is 19.3. The van der Waals surface area contributed by atoms with Crippen LogP contribution in [0.4, 0.5) is 10.5 Å². The van der Waals surface area contributed by atoms with Crippen LogP contribution in [0.5, 0.6) is 5.75 Å². The third-order valence-corrected chi connectivity index (χ3v) is 5.99. The number of nitrogens with zero attached hydrogens (tertiary/aromatic N) is 1. The molecule has 2 amide bonds. The summed E-state index contributed by atoms with van der Waals surface area (Å²) < 4.78 is 37.7. The van der Waals surface area contributed by atoms with Gasteiger partial charge in [-0.25, -0.2) is 22.7 Å². The molecule has 0 fully saturated rings. The van der Waals surface area contributed by atoms with Crippen LogP contribution < -0.4 is 19.7 Å². The number of carbonyl (C=O) groups excluding carboxylic acids is 2. The van der Waals surface area contributed by atoms with Crippen molar-refractivity contribution in [1.82, 2.24) is 10.0 Å². The van der Waals surface area contributed by atoms with Gasteiger partial charge in [-0.15, -0.1) is 0 Å². The topological polar surface area (TPSA) is 118 Å². The molecular weight excluding hydrogens is 446 g/mol. The minimum absolute atomic E-state index is 0.00772. The Labute approximate surface area is 192 Å². The van der Waals surface area contributed by atoms with Crippen LogP contribution in [0.1, 0.15) is 30.0 Å². The van der Waals surface area contributed by atoms with Crippen molar-refractivity contribution in [2.45, 2.75) is 31.3 Å². The smallest absolute Gasteiger partial charge is 0.343 e. The lowest BCUT2D eigenvalue weighted by molar-refractivity contribution is 0.0734. The molecule has 2 N–H and O–H groups in total. The minimum atomic E-state index is -3.76. The Morgan fingerprint density at radius 1 is 1.03 bits per heavy atom. The first-order valence-corrected chi connectivity index (χ1v) is 11.6. The number of furan rings is 1. The fraction of sp³-hybridized carbons (Fsp3) is 0.217. The Morgan fingerprint density at radius 3 is 2.27 bits per heavy atom. The van der Waals surface area contributed by atoms with Crippen molar-refractivity contribution in [1.29, 1.82) is 0 Å². The number of urea groups is 1. The number of anilines is 1. The van der Waals surface area contributed by atoms with Crippen LogP contribution in [-0.4, -0.2) is 33.5 Å². The first-order valence-electron chi connectivity index (χ1n) is 10.1. The van der Waals surface area contributed by atoms with E-state index in [1.54, 1.807) is 43.4 Å². The van der Waals surface area contributed by atoms with Gasteiger partial charge < -0.3 is 14.5 Å². The minimum Gasteiger partial charge on any atom is -0.468 e. The third-order valence-electron chi connectivity index (χ3n) is 4.57. The number of hydrogen-bond acceptors (Lipinski definition) is 6. The number of hydrogen-bond donors (Lipinski definition) is 2. The molecule has 0 radical (unpaired) electrons. The van der Waals surface area contributed by atoms with E-state index in [9.17, 15) is 18.0 Å². The van der Waals surface area contributed by atoms with Gasteiger partial charge in [0.2, 0.25) is 10.0 Å². The van der Waals surface area contributed by atoms with Crippen molar-refractivity contribution in [2.24, 2.45) is 0 Å². The van der Waals surface area contributed by atoms with Crippen LogP contribution in [0.25, 0.3) is 0 Å². The highest BCUT2D eigenvalue weighted by atomic mass is 32.2. The molecule has 0 aliphatic heterocycles. The Balaban J connectivity index is 1.60. The van der Waals surface area contributed by atoms with Crippen molar-refractivity contribution in [3.8, 4) is 5.75 Å². The molecule has 3 rings (SSSR count). The molecule has 0 atom stereocenters. The van der Waals surface area contributed by atoms with E-state index in [1.807, 2.05) is 13.8 Å². The maximum atomic E-state index is 12.4. The molecule has 1 aromatic heterocycles. The maximum absolute atomic E-state index is 12.4. The largest absolute Gasteiger partial charge is 0.468 e. The molecule has 0 saturated heterocycles. The molecule has 33 heavy (non-hydrogen) atoms. The standard InChI is InChI=1S/C23H25N3O6S/c1-16(2)25-23(28)26(3)18-8-10-19(11-9-18)32-22(27)17-6-12-21(13-7-17)33(29,30)24-15-20-5-4-14-31-20/h4-14,16,24H,15H2,1-3H3,(H,25,28). The van der Waals surface area contributed by atoms with E-state index in [4.69, 9.17) is 9.15 Å². The highest BCUT2D eigenvalue weighted by Gasteiger charge is 2.17. The van der Waals surface area contributed by atoms with Crippen molar-refractivity contribution in [3.05, 3.63) is 78.3 Å². The molecule has 0 saturated carbocycles. The fourth-order valence-electron chi connectivity index (χ4n) is 2.80. The van der Waals surface area contributed by atoms with E-state index in [0.29, 0.717) is 17.2 Å². The Hall–Kier alpha value is -3.63. The highest BCUT2D eigenvalue weighted by Crippen LogP contribution is 2.20. The maximum Gasteiger partial charge on any atom is 0.343 e. The normalized spacial score (nSPS) is 11.3. The lowest BCUT2D eigenvalue weighted by Crippen LogP contribution is -2.40. The predicted octanol–water partition coefficient (Wildman–Crippen LogP) is 3.53. The number of carbonyl (C=O) groups is 2. The van der Waals surface area contributed by atoms with Gasteiger partial charge in [0.15, 0.2) is 0 Å². The predicted molar refractivity (Wildman–Crippen MR) is 123 cm³/mol. The van der Waals surface area contributed by atoms with Crippen LogP contribution in [0.2, 0.25) is 0 Å². The second-order valence-corrected chi connectivity index (χ2v) is 9.24. The van der Waals surface area contributed by atoms with Crippen LogP contribution in [-0.2, 0) is 16.6 Å². The molecule has 0 spiro atoms. The lowest BCUT2D eigenvalue weighted by Gasteiger charge is -2.20. The first-order chi connectivity index (χ1) is 15.7. The van der Waals surface area contributed by atoms with Gasteiger partial charge in [0.05, 0.1) is 23.3 Å². The molecule has 1 heterocycles. The highest BCUT2D eigenvalue weighted by molar-refractivity contribution is 7.89. The quantitative estimate of drug-likeness (QED) is 0.383. The number of ether oxygens (including phenoxy) is 1. The van der Waals surface area contributed by atoms with Crippen molar-refractivity contribution >= 4 is 27.7 Å². The zero-order valence-electron chi connectivity index (χ0n) is 18.4. The Kier molecular flexibility index (Phi) is 7.52. The molecule has 2 aromatic carbocycles. The summed E-state index contributed by atoms with van der Waals surface area (Å²) in [5, 5.41) is 2.79. The number of esters is 1. The molecule has 0 unspecified atom stereocenters. The molecule has 0 aliphatic carbocycles. The number of rotatable bonds is 8. The summed E-state index contributed by atoms with van der Waals surface area (Å²) >= 11 is 0. The Morgan fingerprint density at radius 2 is 1.70 bits per heavy atom. The average molecular weight is 472 g/mol. The summed E-state index contributed by atoms with van der Waals surface area (Å²) in [6.07, 6.45) is 1.46. The first kappa shape index (κ1) is 24.0.